The molecular formula is C32H52N6O7S. The van der Waals surface area contributed by atoms with Gasteiger partial charge in [0.05, 0.1) is 17.8 Å². The van der Waals surface area contributed by atoms with Gasteiger partial charge >= 0.3 is 6.03 Å². The molecule has 0 unspecified atom stereocenters. The lowest BCUT2D eigenvalue weighted by Gasteiger charge is -2.41. The number of urea groups is 1. The number of ketones is 1. The molecule has 0 bridgehead atoms. The van der Waals surface area contributed by atoms with E-state index in [0.717, 1.165) is 56.9 Å². The van der Waals surface area contributed by atoms with Gasteiger partial charge in [-0.15, -0.1) is 0 Å². The molecule has 13 nitrogen and oxygen atoms in total. The van der Waals surface area contributed by atoms with Gasteiger partial charge in [-0.05, 0) is 90.6 Å². The molecular weight excluding hydrogens is 612 g/mol. The monoisotopic (exact) mass is 664 g/mol. The molecule has 14 heteroatoms. The summed E-state index contributed by atoms with van der Waals surface area (Å²) in [6.07, 6.45) is 11.3. The van der Waals surface area contributed by atoms with Crippen LogP contribution in [-0.4, -0.2) is 102 Å². The SMILES string of the molecule is CN(C(C)(C)C)S(=O)(=O)CC1(NC(=O)N[C@H](C(=O)N2CCC[C@H]2C(=O)NCC(=O)C(=O)NC2CC2)C2=CCCCC2)CCCCC1. The van der Waals surface area contributed by atoms with Gasteiger partial charge in [0.15, 0.2) is 0 Å². The van der Waals surface area contributed by atoms with Crippen LogP contribution in [0.2, 0.25) is 0 Å². The second kappa shape index (κ2) is 14.8. The van der Waals surface area contributed by atoms with Crippen molar-refractivity contribution in [3.63, 3.8) is 0 Å². The molecule has 3 aliphatic carbocycles. The van der Waals surface area contributed by atoms with E-state index in [4.69, 9.17) is 0 Å². The summed E-state index contributed by atoms with van der Waals surface area (Å²) in [5.74, 6) is -2.65. The summed E-state index contributed by atoms with van der Waals surface area (Å²) >= 11 is 0. The van der Waals surface area contributed by atoms with Gasteiger partial charge in [0.1, 0.15) is 12.1 Å². The van der Waals surface area contributed by atoms with Gasteiger partial charge in [0, 0.05) is 25.2 Å². The van der Waals surface area contributed by atoms with Crippen LogP contribution in [0.3, 0.4) is 0 Å². The predicted octanol–water partition coefficient (Wildman–Crippen LogP) is 1.87. The van der Waals surface area contributed by atoms with E-state index in [-0.39, 0.29) is 11.8 Å². The third-order valence-electron chi connectivity index (χ3n) is 9.66. The van der Waals surface area contributed by atoms with E-state index >= 15 is 0 Å². The highest BCUT2D eigenvalue weighted by Gasteiger charge is 2.43. The molecule has 4 N–H and O–H groups in total. The lowest BCUT2D eigenvalue weighted by atomic mass is 9.83. The highest BCUT2D eigenvalue weighted by molar-refractivity contribution is 7.89. The van der Waals surface area contributed by atoms with Crippen LogP contribution in [0.4, 0.5) is 4.79 Å². The van der Waals surface area contributed by atoms with E-state index < -0.39 is 69.3 Å². The summed E-state index contributed by atoms with van der Waals surface area (Å²) in [5.41, 5.74) is -0.845. The molecule has 2 atom stereocenters. The van der Waals surface area contributed by atoms with E-state index in [1.807, 2.05) is 26.8 Å². The predicted molar refractivity (Wildman–Crippen MR) is 173 cm³/mol. The average molecular weight is 665 g/mol. The first-order valence-corrected chi connectivity index (χ1v) is 18.4. The Bertz CT molecular complexity index is 1310. The van der Waals surface area contributed by atoms with Crippen LogP contribution < -0.4 is 21.3 Å². The van der Waals surface area contributed by atoms with Crippen molar-refractivity contribution in [3.05, 3.63) is 11.6 Å². The van der Waals surface area contributed by atoms with Crippen LogP contribution in [0, 0.1) is 0 Å². The fourth-order valence-electron chi connectivity index (χ4n) is 6.57. The van der Waals surface area contributed by atoms with Crippen molar-refractivity contribution in [1.29, 1.82) is 0 Å². The Morgan fingerprint density at radius 3 is 2.30 bits per heavy atom. The van der Waals surface area contributed by atoms with Crippen molar-refractivity contribution in [2.45, 2.75) is 133 Å². The topological polar surface area (TPSA) is 174 Å². The van der Waals surface area contributed by atoms with Crippen LogP contribution in [0.25, 0.3) is 0 Å². The number of carbonyl (C=O) groups excluding carboxylic acids is 5. The van der Waals surface area contributed by atoms with Gasteiger partial charge in [-0.1, -0.05) is 25.3 Å². The summed E-state index contributed by atoms with van der Waals surface area (Å²) in [7, 11) is -2.17. The summed E-state index contributed by atoms with van der Waals surface area (Å²) in [4.78, 5) is 66.6. The van der Waals surface area contributed by atoms with Gasteiger partial charge in [-0.25, -0.2) is 13.2 Å². The van der Waals surface area contributed by atoms with Crippen LogP contribution in [0.5, 0.6) is 0 Å². The molecule has 1 saturated heterocycles. The van der Waals surface area contributed by atoms with Crippen molar-refractivity contribution in [3.8, 4) is 0 Å². The third kappa shape index (κ3) is 9.30. The smallest absolute Gasteiger partial charge is 0.316 e. The highest BCUT2D eigenvalue weighted by Crippen LogP contribution is 2.32. The molecule has 3 fully saturated rings. The number of rotatable bonds is 12. The van der Waals surface area contributed by atoms with Gasteiger partial charge in [-0.3, -0.25) is 19.2 Å². The Kier molecular flexibility index (Phi) is 11.6. The number of Topliss-reactive ketones (excluding diaryl/α,β-unsaturated/α-hetero) is 1. The number of nitrogens with one attached hydrogen (secondary N) is 4. The van der Waals surface area contributed by atoms with Gasteiger partial charge in [0.2, 0.25) is 27.6 Å². The summed E-state index contributed by atoms with van der Waals surface area (Å²) < 4.78 is 28.3. The minimum atomic E-state index is -3.73. The Morgan fingerprint density at radius 1 is 1.00 bits per heavy atom. The number of amides is 5. The van der Waals surface area contributed by atoms with Gasteiger partial charge in [0.25, 0.3) is 5.91 Å². The lowest BCUT2D eigenvalue weighted by molar-refractivity contribution is -0.140. The molecule has 1 heterocycles. The quantitative estimate of drug-likeness (QED) is 0.182. The molecule has 4 rings (SSSR count). The Balaban J connectivity index is 1.47. The molecule has 258 valence electrons. The van der Waals surface area contributed by atoms with Crippen molar-refractivity contribution < 1.29 is 32.4 Å². The summed E-state index contributed by atoms with van der Waals surface area (Å²) in [6, 6.07) is -2.46. The molecule has 0 spiro atoms. The number of hydrogen-bond donors (Lipinski definition) is 4. The van der Waals surface area contributed by atoms with Crippen molar-refractivity contribution in [1.82, 2.24) is 30.5 Å². The van der Waals surface area contributed by atoms with Crippen LogP contribution >= 0.6 is 0 Å². The minimum Gasteiger partial charge on any atom is -0.347 e. The molecule has 0 aromatic rings. The maximum Gasteiger partial charge on any atom is 0.316 e. The fourth-order valence-corrected chi connectivity index (χ4v) is 8.66. The highest BCUT2D eigenvalue weighted by atomic mass is 32.2. The molecule has 4 aliphatic rings. The van der Waals surface area contributed by atoms with Crippen LogP contribution in [0.1, 0.15) is 104 Å². The number of likely N-dealkylation sites (tertiary alicyclic amines) is 1. The second-order valence-corrected chi connectivity index (χ2v) is 16.4. The third-order valence-corrected chi connectivity index (χ3v) is 12.0. The first-order valence-electron chi connectivity index (χ1n) is 16.8. The lowest BCUT2D eigenvalue weighted by Crippen LogP contribution is -2.62. The molecule has 46 heavy (non-hydrogen) atoms. The number of carbonyl (C=O) groups is 5. The molecule has 1 aliphatic heterocycles. The Morgan fingerprint density at radius 2 is 1.70 bits per heavy atom. The van der Waals surface area contributed by atoms with E-state index in [0.29, 0.717) is 38.6 Å². The van der Waals surface area contributed by atoms with E-state index in [9.17, 15) is 32.4 Å². The average Bonchev–Trinajstić information content (AvgIpc) is 3.68. The molecule has 2 saturated carbocycles. The first-order chi connectivity index (χ1) is 21.6. The zero-order chi connectivity index (χ0) is 33.7. The van der Waals surface area contributed by atoms with Gasteiger partial charge < -0.3 is 26.2 Å². The van der Waals surface area contributed by atoms with Gasteiger partial charge in [-0.2, -0.15) is 4.31 Å². The zero-order valence-corrected chi connectivity index (χ0v) is 28.6. The number of allylic oxidation sites excluding steroid dienone is 1. The first kappa shape index (κ1) is 35.8. The number of sulfonamides is 1. The second-order valence-electron chi connectivity index (χ2n) is 14.4. The Labute approximate surface area is 273 Å². The number of hydrogen-bond acceptors (Lipinski definition) is 7. The zero-order valence-electron chi connectivity index (χ0n) is 27.8. The number of nitrogens with zero attached hydrogens (tertiary/aromatic N) is 2. The molecule has 0 aromatic heterocycles. The Hall–Kier alpha value is -3.00. The van der Waals surface area contributed by atoms with E-state index in [1.54, 1.807) is 7.05 Å². The molecule has 0 radical (unpaired) electrons. The standard InChI is InChI=1S/C32H52N6O7S/c1-31(2,3)37(4)46(44,45)21-32(17-9-6-10-18-32)36-30(43)35-26(22-12-7-5-8-13-22)29(42)38-19-11-14-24(38)27(40)33-20-25(39)28(41)34-23-15-16-23/h12,23-24,26H,5-11,13-21H2,1-4H3,(H,33,40)(H,34,41)(H2,35,36,43)/t24-,26-/m0/s1. The normalized spacial score (nSPS) is 22.4. The van der Waals surface area contributed by atoms with Crippen LogP contribution in [0.15, 0.2) is 11.6 Å². The van der Waals surface area contributed by atoms with Crippen molar-refractivity contribution in [2.24, 2.45) is 0 Å². The largest absolute Gasteiger partial charge is 0.347 e. The fraction of sp³-hybridized carbons (Fsp3) is 0.781. The van der Waals surface area contributed by atoms with Crippen molar-refractivity contribution in [2.75, 3.05) is 25.9 Å². The minimum absolute atomic E-state index is 0.0213. The van der Waals surface area contributed by atoms with E-state index in [1.165, 1.54) is 9.21 Å². The maximum atomic E-state index is 14.1. The summed E-state index contributed by atoms with van der Waals surface area (Å²) in [5, 5.41) is 11.0. The summed E-state index contributed by atoms with van der Waals surface area (Å²) in [6.45, 7) is 5.31. The maximum absolute atomic E-state index is 14.1. The van der Waals surface area contributed by atoms with Crippen LogP contribution in [-0.2, 0) is 29.2 Å². The molecule has 0 aromatic carbocycles. The molecule has 5 amide bonds. The van der Waals surface area contributed by atoms with E-state index in [2.05, 4.69) is 21.3 Å². The van der Waals surface area contributed by atoms with Crippen molar-refractivity contribution >= 4 is 39.6 Å².